The molecule has 3 fully saturated rings. The van der Waals surface area contributed by atoms with E-state index in [1.54, 1.807) is 0 Å². The van der Waals surface area contributed by atoms with Gasteiger partial charge in [-0.15, -0.1) is 0 Å². The average molecular weight is 519 g/mol. The van der Waals surface area contributed by atoms with Gasteiger partial charge in [-0.25, -0.2) is 4.79 Å². The maximum Gasteiger partial charge on any atom is 0.337 e. The van der Waals surface area contributed by atoms with Gasteiger partial charge in [-0.1, -0.05) is 78.5 Å². The molecule has 0 spiro atoms. The van der Waals surface area contributed by atoms with Crippen LogP contribution in [0.15, 0.2) is 30.3 Å². The minimum atomic E-state index is -0.279. The summed E-state index contributed by atoms with van der Waals surface area (Å²) in [6, 6.07) is 8.04. The van der Waals surface area contributed by atoms with Crippen LogP contribution in [0.25, 0.3) is 5.57 Å². The Morgan fingerprint density at radius 2 is 1.55 bits per heavy atom. The zero-order valence-corrected chi connectivity index (χ0v) is 24.8. The molecule has 0 N–H and O–H groups in total. The fourth-order valence-corrected chi connectivity index (χ4v) is 10.7. The van der Waals surface area contributed by atoms with Crippen molar-refractivity contribution >= 4 is 17.8 Å². The van der Waals surface area contributed by atoms with Crippen molar-refractivity contribution in [1.29, 1.82) is 0 Å². The highest BCUT2D eigenvalue weighted by molar-refractivity contribution is 5.89. The lowest BCUT2D eigenvalue weighted by Gasteiger charge is -2.70. The zero-order chi connectivity index (χ0) is 27.3. The van der Waals surface area contributed by atoms with Gasteiger partial charge in [0.25, 0.3) is 0 Å². The molecule has 0 aromatic heterocycles. The molecular weight excluding hydrogens is 468 g/mol. The maximum atomic E-state index is 12.4. The van der Waals surface area contributed by atoms with Crippen LogP contribution in [0.1, 0.15) is 121 Å². The first kappa shape index (κ1) is 27.7. The van der Waals surface area contributed by atoms with Gasteiger partial charge in [0.2, 0.25) is 0 Å². The second-order valence-electron chi connectivity index (χ2n) is 14.5. The van der Waals surface area contributed by atoms with Crippen LogP contribution in [0, 0.1) is 45.3 Å². The van der Waals surface area contributed by atoms with Crippen molar-refractivity contribution in [2.45, 2.75) is 105 Å². The lowest BCUT2D eigenvalue weighted by molar-refractivity contribution is -0.199. The molecule has 38 heavy (non-hydrogen) atoms. The second kappa shape index (κ2) is 9.93. The normalized spacial score (nSPS) is 40.6. The summed E-state index contributed by atoms with van der Waals surface area (Å²) in [6.07, 6.45) is 17.5. The predicted octanol–water partition coefficient (Wildman–Crippen LogP) is 8.91. The first-order chi connectivity index (χ1) is 18.0. The summed E-state index contributed by atoms with van der Waals surface area (Å²) >= 11 is 0. The van der Waals surface area contributed by atoms with Gasteiger partial charge in [-0.05, 0) is 108 Å². The van der Waals surface area contributed by atoms with E-state index in [2.05, 4.69) is 52.8 Å². The van der Waals surface area contributed by atoms with Gasteiger partial charge in [0, 0.05) is 5.92 Å². The third kappa shape index (κ3) is 4.05. The summed E-state index contributed by atoms with van der Waals surface area (Å²) in [5.74, 6) is 1.80. The number of ether oxygens (including phenoxy) is 1. The Balaban J connectivity index is 1.50. The standard InChI is InChI=1S/C35H50O3/c1-32(2)27(24-12-14-25(15-13-24)31(37)38-6)18-21-33(3)29(32)19-22-35(5)30(33)17-16-28-26(23-36)11-9-7-8-10-20-34(28,35)4/h12-15,18,23,26,28-30H,7-11,16-17,19-22H2,1-6H3/t26-,28+,29-,30+,33-,34+,35+/m0/s1. The lowest BCUT2D eigenvalue weighted by atomic mass is 9.34. The molecule has 0 amide bonds. The van der Waals surface area contributed by atoms with Crippen LogP contribution in [0.3, 0.4) is 0 Å². The molecule has 3 heteroatoms. The van der Waals surface area contributed by atoms with E-state index in [1.165, 1.54) is 82.3 Å². The minimum absolute atomic E-state index is 0.0581. The molecule has 0 unspecified atom stereocenters. The van der Waals surface area contributed by atoms with E-state index in [9.17, 15) is 9.59 Å². The van der Waals surface area contributed by atoms with Gasteiger partial charge >= 0.3 is 5.97 Å². The topological polar surface area (TPSA) is 43.4 Å². The van der Waals surface area contributed by atoms with E-state index in [1.807, 2.05) is 12.1 Å². The van der Waals surface area contributed by atoms with Gasteiger partial charge in [-0.3, -0.25) is 0 Å². The highest BCUT2D eigenvalue weighted by atomic mass is 16.5. The number of fused-ring (bicyclic) bond motifs is 5. The van der Waals surface area contributed by atoms with E-state index in [4.69, 9.17) is 4.74 Å². The average Bonchev–Trinajstić information content (AvgIpc) is 2.97. The van der Waals surface area contributed by atoms with E-state index in [-0.39, 0.29) is 33.5 Å². The van der Waals surface area contributed by atoms with Crippen LogP contribution in [0.2, 0.25) is 0 Å². The summed E-state index contributed by atoms with van der Waals surface area (Å²) in [4.78, 5) is 24.4. The van der Waals surface area contributed by atoms with Crippen molar-refractivity contribution in [3.8, 4) is 0 Å². The molecule has 0 radical (unpaired) electrons. The molecule has 3 nitrogen and oxygen atoms in total. The number of allylic oxidation sites excluding steroid dienone is 2. The minimum Gasteiger partial charge on any atom is -0.465 e. The number of hydrogen-bond acceptors (Lipinski definition) is 3. The van der Waals surface area contributed by atoms with Crippen LogP contribution in [0.4, 0.5) is 0 Å². The van der Waals surface area contributed by atoms with Crippen molar-refractivity contribution < 1.29 is 14.3 Å². The molecular formula is C35H50O3. The van der Waals surface area contributed by atoms with E-state index in [0.717, 1.165) is 12.8 Å². The summed E-state index contributed by atoms with van der Waals surface area (Å²) in [7, 11) is 1.44. The van der Waals surface area contributed by atoms with E-state index in [0.29, 0.717) is 23.3 Å². The number of benzene rings is 1. The van der Waals surface area contributed by atoms with E-state index >= 15 is 0 Å². The maximum absolute atomic E-state index is 12.4. The van der Waals surface area contributed by atoms with Crippen LogP contribution >= 0.6 is 0 Å². The third-order valence-corrected chi connectivity index (χ3v) is 12.8. The number of carbonyl (C=O) groups is 2. The number of hydrogen-bond donors (Lipinski definition) is 0. The van der Waals surface area contributed by atoms with Crippen molar-refractivity contribution in [3.05, 3.63) is 41.5 Å². The first-order valence-electron chi connectivity index (χ1n) is 15.4. The Morgan fingerprint density at radius 3 is 2.24 bits per heavy atom. The third-order valence-electron chi connectivity index (χ3n) is 12.8. The van der Waals surface area contributed by atoms with Gasteiger partial charge < -0.3 is 9.53 Å². The first-order valence-corrected chi connectivity index (χ1v) is 15.4. The molecule has 0 aliphatic heterocycles. The van der Waals surface area contributed by atoms with Gasteiger partial charge in [0.1, 0.15) is 6.29 Å². The number of esters is 1. The summed E-state index contributed by atoms with van der Waals surface area (Å²) in [5.41, 5.74) is 4.10. The molecule has 3 saturated carbocycles. The van der Waals surface area contributed by atoms with Gasteiger partial charge in [0.05, 0.1) is 12.7 Å². The Labute approximate surface area is 231 Å². The number of rotatable bonds is 3. The predicted molar refractivity (Wildman–Crippen MR) is 155 cm³/mol. The molecule has 5 rings (SSSR count). The Morgan fingerprint density at radius 1 is 0.842 bits per heavy atom. The molecule has 0 bridgehead atoms. The number of carbonyl (C=O) groups excluding carboxylic acids is 2. The molecule has 7 atom stereocenters. The summed E-state index contributed by atoms with van der Waals surface area (Å²) in [5, 5.41) is 0. The van der Waals surface area contributed by atoms with Crippen molar-refractivity contribution in [2.75, 3.05) is 7.11 Å². The van der Waals surface area contributed by atoms with Gasteiger partial charge in [0.15, 0.2) is 0 Å². The molecule has 4 aliphatic rings. The zero-order valence-electron chi connectivity index (χ0n) is 24.8. The molecule has 0 heterocycles. The Kier molecular flexibility index (Phi) is 7.23. The van der Waals surface area contributed by atoms with Crippen LogP contribution in [0.5, 0.6) is 0 Å². The van der Waals surface area contributed by atoms with Crippen LogP contribution < -0.4 is 0 Å². The van der Waals surface area contributed by atoms with Crippen LogP contribution in [-0.4, -0.2) is 19.4 Å². The Bertz CT molecular complexity index is 1080. The summed E-state index contributed by atoms with van der Waals surface area (Å²) in [6.45, 7) is 12.8. The van der Waals surface area contributed by atoms with Crippen molar-refractivity contribution in [2.24, 2.45) is 45.3 Å². The fraction of sp³-hybridized carbons (Fsp3) is 0.714. The van der Waals surface area contributed by atoms with Crippen LogP contribution in [-0.2, 0) is 9.53 Å². The molecule has 4 aliphatic carbocycles. The van der Waals surface area contributed by atoms with Crippen molar-refractivity contribution in [3.63, 3.8) is 0 Å². The molecule has 1 aromatic carbocycles. The number of aldehydes is 1. The Hall–Kier alpha value is -1.90. The largest absolute Gasteiger partial charge is 0.465 e. The second-order valence-corrected chi connectivity index (χ2v) is 14.5. The molecule has 0 saturated heterocycles. The quantitative estimate of drug-likeness (QED) is 0.296. The van der Waals surface area contributed by atoms with Gasteiger partial charge in [-0.2, -0.15) is 0 Å². The number of methoxy groups -OCH3 is 1. The van der Waals surface area contributed by atoms with E-state index < -0.39 is 0 Å². The highest BCUT2D eigenvalue weighted by Crippen LogP contribution is 2.74. The highest BCUT2D eigenvalue weighted by Gasteiger charge is 2.66. The SMILES string of the molecule is COC(=O)c1ccc(C2=CC[C@]3(C)[C@H]4CC[C@@H]5[C@H](C=O)CCCCCC[C@@]5(C)[C@]4(C)CC[C@H]3C2(C)C)cc1. The monoisotopic (exact) mass is 518 g/mol. The fourth-order valence-electron chi connectivity index (χ4n) is 10.7. The molecule has 208 valence electrons. The van der Waals surface area contributed by atoms with Crippen molar-refractivity contribution in [1.82, 2.24) is 0 Å². The molecule has 1 aromatic rings. The summed E-state index contributed by atoms with van der Waals surface area (Å²) < 4.78 is 4.91. The smallest absolute Gasteiger partial charge is 0.337 e. The lowest BCUT2D eigenvalue weighted by Crippen LogP contribution is -2.63.